The summed E-state index contributed by atoms with van der Waals surface area (Å²) in [4.78, 5) is 0. The van der Waals surface area contributed by atoms with E-state index in [0.717, 1.165) is 0 Å². The molecular formula is C6H14INO2. The Morgan fingerprint density at radius 2 is 2.00 bits per heavy atom. The molecule has 0 radical (unpaired) electrons. The predicted octanol–water partition coefficient (Wildman–Crippen LogP) is 1.19. The average molecular weight is 259 g/mol. The van der Waals surface area contributed by atoms with Gasteiger partial charge in [-0.15, -0.1) is 0 Å². The Labute approximate surface area is 75.1 Å². The molecule has 0 saturated heterocycles. The van der Waals surface area contributed by atoms with Gasteiger partial charge in [0.25, 0.3) is 0 Å². The van der Waals surface area contributed by atoms with E-state index in [1.807, 2.05) is 13.8 Å². The molecule has 0 amide bonds. The van der Waals surface area contributed by atoms with Gasteiger partial charge in [0.1, 0.15) is 5.72 Å². The zero-order valence-electron chi connectivity index (χ0n) is 6.30. The maximum atomic E-state index is 8.83. The van der Waals surface area contributed by atoms with Crippen molar-refractivity contribution < 1.29 is 9.84 Å². The third kappa shape index (κ3) is 3.70. The lowest BCUT2D eigenvalue weighted by Crippen LogP contribution is -2.43. The van der Waals surface area contributed by atoms with Gasteiger partial charge in [-0.3, -0.25) is 0 Å². The molecule has 0 aliphatic rings. The molecule has 3 nitrogen and oxygen atoms in total. The Balaban J connectivity index is 3.80. The van der Waals surface area contributed by atoms with Crippen LogP contribution in [0.15, 0.2) is 0 Å². The van der Waals surface area contributed by atoms with Gasteiger partial charge in [0, 0.05) is 0 Å². The molecule has 0 aliphatic heterocycles. The third-order valence-corrected chi connectivity index (χ3v) is 1.78. The topological polar surface area (TPSA) is 55.5 Å². The SMILES string of the molecule is CCC(N)(CC)OC(O)I. The highest BCUT2D eigenvalue weighted by atomic mass is 127. The van der Waals surface area contributed by atoms with Gasteiger partial charge in [-0.05, 0) is 35.4 Å². The second kappa shape index (κ2) is 4.48. The molecule has 0 rings (SSSR count). The van der Waals surface area contributed by atoms with Crippen molar-refractivity contribution in [2.75, 3.05) is 0 Å². The number of hydrogen-bond donors (Lipinski definition) is 2. The maximum Gasteiger partial charge on any atom is 0.209 e. The highest BCUT2D eigenvalue weighted by molar-refractivity contribution is 14.1. The van der Waals surface area contributed by atoms with Crippen LogP contribution in [0.5, 0.6) is 0 Å². The van der Waals surface area contributed by atoms with Crippen LogP contribution >= 0.6 is 22.6 Å². The minimum absolute atomic E-state index is 0.652. The Hall–Kier alpha value is 0.610. The van der Waals surface area contributed by atoms with Gasteiger partial charge in [-0.2, -0.15) is 0 Å². The number of halogens is 1. The van der Waals surface area contributed by atoms with E-state index in [1.165, 1.54) is 0 Å². The fourth-order valence-corrected chi connectivity index (χ4v) is 1.12. The van der Waals surface area contributed by atoms with Gasteiger partial charge in [-0.25, -0.2) is 0 Å². The lowest BCUT2D eigenvalue weighted by atomic mass is 10.1. The predicted molar refractivity (Wildman–Crippen MR) is 48.6 cm³/mol. The number of nitrogens with two attached hydrogens (primary N) is 1. The van der Waals surface area contributed by atoms with Crippen LogP contribution in [0.3, 0.4) is 0 Å². The first-order valence-corrected chi connectivity index (χ1v) is 4.57. The van der Waals surface area contributed by atoms with Crippen molar-refractivity contribution in [3.8, 4) is 0 Å². The fraction of sp³-hybridized carbons (Fsp3) is 1.00. The highest BCUT2D eigenvalue weighted by Gasteiger charge is 2.23. The summed E-state index contributed by atoms with van der Waals surface area (Å²) in [5.74, 6) is 0. The molecule has 62 valence electrons. The van der Waals surface area contributed by atoms with Crippen molar-refractivity contribution >= 4 is 22.6 Å². The van der Waals surface area contributed by atoms with E-state index in [1.54, 1.807) is 22.6 Å². The van der Waals surface area contributed by atoms with Crippen molar-refractivity contribution in [2.45, 2.75) is 36.7 Å². The zero-order chi connectivity index (χ0) is 8.20. The number of aliphatic hydroxyl groups excluding tert-OH is 1. The molecule has 3 N–H and O–H groups in total. The average Bonchev–Trinajstić information content (AvgIpc) is 1.87. The molecule has 0 saturated carbocycles. The minimum atomic E-state index is -0.803. The molecule has 0 aromatic rings. The van der Waals surface area contributed by atoms with Crippen LogP contribution in [-0.2, 0) is 4.74 Å². The van der Waals surface area contributed by atoms with Crippen LogP contribution < -0.4 is 5.73 Å². The normalized spacial score (nSPS) is 15.3. The number of hydrogen-bond acceptors (Lipinski definition) is 3. The molecular weight excluding hydrogens is 245 g/mol. The van der Waals surface area contributed by atoms with E-state index >= 15 is 0 Å². The number of alkyl halides is 1. The second-order valence-electron chi connectivity index (χ2n) is 2.18. The van der Waals surface area contributed by atoms with E-state index in [4.69, 9.17) is 15.6 Å². The molecule has 0 spiro atoms. The second-order valence-corrected chi connectivity index (χ2v) is 3.25. The highest BCUT2D eigenvalue weighted by Crippen LogP contribution is 2.16. The van der Waals surface area contributed by atoms with Gasteiger partial charge in [0.2, 0.25) is 4.30 Å². The van der Waals surface area contributed by atoms with E-state index in [-0.39, 0.29) is 0 Å². The molecule has 0 bridgehead atoms. The first-order valence-electron chi connectivity index (χ1n) is 3.33. The first kappa shape index (κ1) is 10.6. The summed E-state index contributed by atoms with van der Waals surface area (Å²) < 4.78 is 4.25. The Morgan fingerprint density at radius 1 is 1.60 bits per heavy atom. The molecule has 0 aromatic carbocycles. The lowest BCUT2D eigenvalue weighted by Gasteiger charge is -2.27. The lowest BCUT2D eigenvalue weighted by molar-refractivity contribution is -0.130. The van der Waals surface area contributed by atoms with Crippen molar-refractivity contribution in [1.82, 2.24) is 0 Å². The summed E-state index contributed by atoms with van der Waals surface area (Å²) in [6.07, 6.45) is 1.42. The van der Waals surface area contributed by atoms with Crippen molar-refractivity contribution in [3.05, 3.63) is 0 Å². The van der Waals surface area contributed by atoms with Gasteiger partial charge in [-0.1, -0.05) is 13.8 Å². The number of rotatable bonds is 4. The standard InChI is InChI=1S/C6H14INO2/c1-3-6(8,4-2)10-5(7)9/h5,9H,3-4,8H2,1-2H3. The van der Waals surface area contributed by atoms with Crippen LogP contribution in [-0.4, -0.2) is 15.1 Å². The van der Waals surface area contributed by atoms with Crippen LogP contribution in [0.25, 0.3) is 0 Å². The summed E-state index contributed by atoms with van der Waals surface area (Å²) in [7, 11) is 0. The largest absolute Gasteiger partial charge is 0.360 e. The van der Waals surface area contributed by atoms with E-state index < -0.39 is 10.0 Å². The van der Waals surface area contributed by atoms with E-state index in [0.29, 0.717) is 12.8 Å². The third-order valence-electron chi connectivity index (χ3n) is 1.53. The number of aliphatic hydroxyl groups is 1. The summed E-state index contributed by atoms with van der Waals surface area (Å²) in [5.41, 5.74) is 5.06. The summed E-state index contributed by atoms with van der Waals surface area (Å²) in [5, 5.41) is 8.83. The first-order chi connectivity index (χ1) is 4.54. The molecule has 0 aromatic heterocycles. The van der Waals surface area contributed by atoms with Crippen LogP contribution in [0.2, 0.25) is 0 Å². The zero-order valence-corrected chi connectivity index (χ0v) is 8.46. The molecule has 1 atom stereocenters. The van der Waals surface area contributed by atoms with Crippen molar-refractivity contribution in [3.63, 3.8) is 0 Å². The van der Waals surface area contributed by atoms with Crippen LogP contribution in [0.1, 0.15) is 26.7 Å². The maximum absolute atomic E-state index is 8.83. The Morgan fingerprint density at radius 3 is 2.10 bits per heavy atom. The van der Waals surface area contributed by atoms with Crippen LogP contribution in [0, 0.1) is 0 Å². The fourth-order valence-electron chi connectivity index (χ4n) is 0.610. The van der Waals surface area contributed by atoms with Crippen molar-refractivity contribution in [1.29, 1.82) is 0 Å². The van der Waals surface area contributed by atoms with Crippen LogP contribution in [0.4, 0.5) is 0 Å². The van der Waals surface area contributed by atoms with Gasteiger partial charge in [0.15, 0.2) is 0 Å². The molecule has 4 heteroatoms. The molecule has 1 unspecified atom stereocenters. The number of ether oxygens (including phenoxy) is 1. The molecule has 0 aliphatic carbocycles. The van der Waals surface area contributed by atoms with Gasteiger partial charge < -0.3 is 15.6 Å². The van der Waals surface area contributed by atoms with Gasteiger partial charge >= 0.3 is 0 Å². The monoisotopic (exact) mass is 259 g/mol. The van der Waals surface area contributed by atoms with E-state index in [2.05, 4.69) is 0 Å². The molecule has 10 heavy (non-hydrogen) atoms. The van der Waals surface area contributed by atoms with Crippen molar-refractivity contribution in [2.24, 2.45) is 5.73 Å². The summed E-state index contributed by atoms with van der Waals surface area (Å²) in [6.45, 7) is 3.87. The smallest absolute Gasteiger partial charge is 0.209 e. The quantitative estimate of drug-likeness (QED) is 0.453. The summed E-state index contributed by atoms with van der Waals surface area (Å²) in [6, 6.07) is 0. The Bertz CT molecular complexity index is 93.7. The van der Waals surface area contributed by atoms with Gasteiger partial charge in [0.05, 0.1) is 0 Å². The summed E-state index contributed by atoms with van der Waals surface area (Å²) >= 11 is 1.77. The van der Waals surface area contributed by atoms with E-state index in [9.17, 15) is 0 Å². The molecule has 0 fully saturated rings. The minimum Gasteiger partial charge on any atom is -0.360 e. The Kier molecular flexibility index (Phi) is 4.75. The molecule has 0 heterocycles.